The SMILES string of the molecule is CC(C)[C@@H]1CN(C(C)C)C(=O)O1. The van der Waals surface area contributed by atoms with Crippen LogP contribution >= 0.6 is 0 Å². The Kier molecular flexibility index (Phi) is 2.60. The highest BCUT2D eigenvalue weighted by Crippen LogP contribution is 2.19. The maximum absolute atomic E-state index is 11.2. The highest BCUT2D eigenvalue weighted by atomic mass is 16.6. The van der Waals surface area contributed by atoms with Gasteiger partial charge in [-0.05, 0) is 19.8 Å². The summed E-state index contributed by atoms with van der Waals surface area (Å²) in [4.78, 5) is 13.0. The van der Waals surface area contributed by atoms with Gasteiger partial charge in [0.05, 0.1) is 6.54 Å². The lowest BCUT2D eigenvalue weighted by molar-refractivity contribution is 0.111. The molecule has 0 radical (unpaired) electrons. The van der Waals surface area contributed by atoms with Crippen molar-refractivity contribution in [2.24, 2.45) is 5.92 Å². The van der Waals surface area contributed by atoms with Gasteiger partial charge in [-0.1, -0.05) is 13.8 Å². The van der Waals surface area contributed by atoms with E-state index in [1.165, 1.54) is 0 Å². The molecule has 0 bridgehead atoms. The predicted molar refractivity (Wildman–Crippen MR) is 46.9 cm³/mol. The summed E-state index contributed by atoms with van der Waals surface area (Å²) in [5.41, 5.74) is 0. The van der Waals surface area contributed by atoms with Gasteiger partial charge in [0.2, 0.25) is 0 Å². The van der Waals surface area contributed by atoms with Crippen molar-refractivity contribution in [2.45, 2.75) is 39.8 Å². The lowest BCUT2D eigenvalue weighted by Crippen LogP contribution is -2.32. The molecule has 0 aromatic rings. The molecular formula is C9H17NO2. The molecule has 1 fully saturated rings. The number of ether oxygens (including phenoxy) is 1. The second-order valence-electron chi connectivity index (χ2n) is 3.91. The minimum absolute atomic E-state index is 0.0832. The summed E-state index contributed by atoms with van der Waals surface area (Å²) in [5, 5.41) is 0. The largest absolute Gasteiger partial charge is 0.444 e. The third-order valence-corrected chi connectivity index (χ3v) is 2.23. The number of rotatable bonds is 2. The van der Waals surface area contributed by atoms with Gasteiger partial charge in [0.1, 0.15) is 6.10 Å². The summed E-state index contributed by atoms with van der Waals surface area (Å²) in [6, 6.07) is 0.251. The second-order valence-corrected chi connectivity index (χ2v) is 3.91. The van der Waals surface area contributed by atoms with Crippen LogP contribution in [0.2, 0.25) is 0 Å². The van der Waals surface area contributed by atoms with Crippen molar-refractivity contribution in [1.82, 2.24) is 4.90 Å². The molecule has 0 aliphatic carbocycles. The molecule has 1 rings (SSSR count). The smallest absolute Gasteiger partial charge is 0.410 e. The zero-order valence-electron chi connectivity index (χ0n) is 8.20. The van der Waals surface area contributed by atoms with E-state index in [1.54, 1.807) is 4.90 Å². The number of cyclic esters (lactones) is 1. The zero-order valence-corrected chi connectivity index (χ0v) is 8.20. The molecule has 0 spiro atoms. The van der Waals surface area contributed by atoms with E-state index in [2.05, 4.69) is 13.8 Å². The standard InChI is InChI=1S/C9H17NO2/c1-6(2)8-5-10(7(3)4)9(11)12-8/h6-8H,5H2,1-4H3/t8-/m0/s1. The molecule has 0 aromatic carbocycles. The Labute approximate surface area is 73.7 Å². The van der Waals surface area contributed by atoms with E-state index in [0.717, 1.165) is 6.54 Å². The van der Waals surface area contributed by atoms with Crippen LogP contribution in [-0.2, 0) is 4.74 Å². The minimum atomic E-state index is -0.163. The van der Waals surface area contributed by atoms with Crippen molar-refractivity contribution in [1.29, 1.82) is 0 Å². The molecule has 1 saturated heterocycles. The molecule has 3 nitrogen and oxygen atoms in total. The normalized spacial score (nSPS) is 24.0. The van der Waals surface area contributed by atoms with Crippen LogP contribution in [0.5, 0.6) is 0 Å². The highest BCUT2D eigenvalue weighted by Gasteiger charge is 2.34. The molecule has 3 heteroatoms. The van der Waals surface area contributed by atoms with Gasteiger partial charge in [0.15, 0.2) is 0 Å². The van der Waals surface area contributed by atoms with E-state index >= 15 is 0 Å². The van der Waals surface area contributed by atoms with E-state index in [-0.39, 0.29) is 18.2 Å². The lowest BCUT2D eigenvalue weighted by atomic mass is 10.1. The van der Waals surface area contributed by atoms with Gasteiger partial charge >= 0.3 is 6.09 Å². The molecule has 1 atom stereocenters. The molecule has 1 aliphatic heterocycles. The van der Waals surface area contributed by atoms with Crippen LogP contribution in [-0.4, -0.2) is 29.7 Å². The maximum Gasteiger partial charge on any atom is 0.410 e. The van der Waals surface area contributed by atoms with E-state index in [0.29, 0.717) is 5.92 Å². The molecule has 0 aromatic heterocycles. The van der Waals surface area contributed by atoms with Crippen molar-refractivity contribution in [2.75, 3.05) is 6.54 Å². The first kappa shape index (κ1) is 9.36. The van der Waals surface area contributed by atoms with Crippen molar-refractivity contribution in [3.8, 4) is 0 Å². The Morgan fingerprint density at radius 2 is 2.00 bits per heavy atom. The van der Waals surface area contributed by atoms with Gasteiger partial charge in [0, 0.05) is 6.04 Å². The van der Waals surface area contributed by atoms with Crippen molar-refractivity contribution in [3.05, 3.63) is 0 Å². The molecular weight excluding hydrogens is 154 g/mol. The summed E-state index contributed by atoms with van der Waals surface area (Å²) < 4.78 is 5.18. The van der Waals surface area contributed by atoms with Crippen LogP contribution in [0.4, 0.5) is 4.79 Å². The van der Waals surface area contributed by atoms with Crippen LogP contribution in [0.1, 0.15) is 27.7 Å². The van der Waals surface area contributed by atoms with Crippen LogP contribution in [0.15, 0.2) is 0 Å². The molecule has 1 amide bonds. The Morgan fingerprint density at radius 1 is 1.42 bits per heavy atom. The fourth-order valence-corrected chi connectivity index (χ4v) is 1.27. The summed E-state index contributed by atoms with van der Waals surface area (Å²) >= 11 is 0. The molecule has 12 heavy (non-hydrogen) atoms. The second kappa shape index (κ2) is 3.33. The van der Waals surface area contributed by atoms with Crippen molar-refractivity contribution < 1.29 is 9.53 Å². The first-order chi connectivity index (χ1) is 5.52. The van der Waals surface area contributed by atoms with Gasteiger partial charge in [-0.2, -0.15) is 0 Å². The Hall–Kier alpha value is -0.730. The summed E-state index contributed by atoms with van der Waals surface area (Å²) in [5.74, 6) is 0.415. The van der Waals surface area contributed by atoms with Crippen LogP contribution < -0.4 is 0 Å². The van der Waals surface area contributed by atoms with Gasteiger partial charge in [-0.25, -0.2) is 4.79 Å². The maximum atomic E-state index is 11.2. The number of carbonyl (C=O) groups excluding carboxylic acids is 1. The van der Waals surface area contributed by atoms with Gasteiger partial charge in [0.25, 0.3) is 0 Å². The Bertz CT molecular complexity index is 177. The summed E-state index contributed by atoms with van der Waals surface area (Å²) in [6.07, 6.45) is -0.0800. The number of carbonyl (C=O) groups is 1. The van der Waals surface area contributed by atoms with E-state index in [1.807, 2.05) is 13.8 Å². The number of amides is 1. The average Bonchev–Trinajstić information content (AvgIpc) is 2.30. The molecule has 1 aliphatic rings. The third kappa shape index (κ3) is 1.71. The van der Waals surface area contributed by atoms with Gasteiger partial charge in [-0.15, -0.1) is 0 Å². The fourth-order valence-electron chi connectivity index (χ4n) is 1.27. The molecule has 1 heterocycles. The summed E-state index contributed by atoms with van der Waals surface area (Å²) in [7, 11) is 0. The predicted octanol–water partition coefficient (Wildman–Crippen LogP) is 1.87. The first-order valence-corrected chi connectivity index (χ1v) is 4.49. The van der Waals surface area contributed by atoms with Crippen LogP contribution in [0.25, 0.3) is 0 Å². The molecule has 0 saturated carbocycles. The minimum Gasteiger partial charge on any atom is -0.444 e. The third-order valence-electron chi connectivity index (χ3n) is 2.23. The van der Waals surface area contributed by atoms with E-state index in [9.17, 15) is 4.79 Å². The molecule has 70 valence electrons. The number of hydrogen-bond donors (Lipinski definition) is 0. The van der Waals surface area contributed by atoms with Crippen LogP contribution in [0.3, 0.4) is 0 Å². The monoisotopic (exact) mass is 171 g/mol. The van der Waals surface area contributed by atoms with E-state index in [4.69, 9.17) is 4.74 Å². The quantitative estimate of drug-likeness (QED) is 0.634. The average molecular weight is 171 g/mol. The topological polar surface area (TPSA) is 29.5 Å². The van der Waals surface area contributed by atoms with Crippen LogP contribution in [0, 0.1) is 5.92 Å². The number of nitrogens with zero attached hydrogens (tertiary/aromatic N) is 1. The molecule has 0 unspecified atom stereocenters. The Balaban J connectivity index is 2.56. The van der Waals surface area contributed by atoms with Gasteiger partial charge in [-0.3, -0.25) is 0 Å². The summed E-state index contributed by atoms with van der Waals surface area (Å²) in [6.45, 7) is 8.89. The lowest BCUT2D eigenvalue weighted by Gasteiger charge is -2.17. The highest BCUT2D eigenvalue weighted by molar-refractivity contribution is 5.70. The first-order valence-electron chi connectivity index (χ1n) is 4.49. The van der Waals surface area contributed by atoms with E-state index < -0.39 is 0 Å². The van der Waals surface area contributed by atoms with Crippen molar-refractivity contribution >= 4 is 6.09 Å². The Morgan fingerprint density at radius 3 is 2.25 bits per heavy atom. The number of hydrogen-bond acceptors (Lipinski definition) is 2. The van der Waals surface area contributed by atoms with Crippen molar-refractivity contribution in [3.63, 3.8) is 0 Å². The fraction of sp³-hybridized carbons (Fsp3) is 0.889. The zero-order chi connectivity index (χ0) is 9.30. The molecule has 0 N–H and O–H groups in total. The van der Waals surface area contributed by atoms with Gasteiger partial charge < -0.3 is 9.64 Å².